The van der Waals surface area contributed by atoms with E-state index in [0.29, 0.717) is 17.6 Å². The molecule has 2 aliphatic rings. The number of benzene rings is 2. The minimum absolute atomic E-state index is 0.195. The van der Waals surface area contributed by atoms with E-state index in [9.17, 15) is 9.90 Å². The highest BCUT2D eigenvalue weighted by atomic mass is 16.5. The average molecular weight is 408 g/mol. The van der Waals surface area contributed by atoms with E-state index in [0.717, 1.165) is 24.1 Å². The molecule has 0 amide bonds. The second-order valence-electron chi connectivity index (χ2n) is 9.52. The molecule has 0 saturated heterocycles. The highest BCUT2D eigenvalue weighted by Crippen LogP contribution is 2.54. The molecule has 2 saturated carbocycles. The van der Waals surface area contributed by atoms with Gasteiger partial charge < -0.3 is 14.7 Å². The highest BCUT2D eigenvalue weighted by molar-refractivity contribution is 5.79. The lowest BCUT2D eigenvalue weighted by Gasteiger charge is -2.45. The summed E-state index contributed by atoms with van der Waals surface area (Å²) in [7, 11) is 4.15. The summed E-state index contributed by atoms with van der Waals surface area (Å²) in [6, 6.07) is 17.2. The fraction of sp³-hybridized carbons (Fsp3) is 0.500. The maximum atomic E-state index is 12.7. The summed E-state index contributed by atoms with van der Waals surface area (Å²) >= 11 is 0. The average Bonchev–Trinajstić information content (AvgIpc) is 3.14. The van der Waals surface area contributed by atoms with Gasteiger partial charge in [0.25, 0.3) is 0 Å². The van der Waals surface area contributed by atoms with Crippen molar-refractivity contribution in [2.45, 2.75) is 44.1 Å². The van der Waals surface area contributed by atoms with Gasteiger partial charge >= 0.3 is 5.97 Å². The lowest BCUT2D eigenvalue weighted by Crippen LogP contribution is -2.47. The summed E-state index contributed by atoms with van der Waals surface area (Å²) in [5.41, 5.74) is 0.942. The minimum Gasteiger partial charge on any atom is -0.426 e. The summed E-state index contributed by atoms with van der Waals surface area (Å²) in [5.74, 6) is 1.22. The van der Waals surface area contributed by atoms with Crippen LogP contribution in [-0.2, 0) is 10.4 Å². The van der Waals surface area contributed by atoms with Crippen molar-refractivity contribution >= 4 is 5.97 Å². The molecule has 2 aromatic rings. The van der Waals surface area contributed by atoms with Crippen molar-refractivity contribution in [2.75, 3.05) is 20.6 Å². The number of carbonyl (C=O) groups is 1. The first-order valence-corrected chi connectivity index (χ1v) is 11.1. The van der Waals surface area contributed by atoms with Crippen LogP contribution in [0.2, 0.25) is 0 Å². The zero-order chi connectivity index (χ0) is 21.3. The third kappa shape index (κ3) is 4.17. The number of nitrogens with zero attached hydrogens (tertiary/aromatic N) is 1. The van der Waals surface area contributed by atoms with Gasteiger partial charge in [-0.2, -0.15) is 0 Å². The van der Waals surface area contributed by atoms with Crippen LogP contribution >= 0.6 is 0 Å². The molecule has 0 spiro atoms. The topological polar surface area (TPSA) is 49.8 Å². The van der Waals surface area contributed by atoms with Gasteiger partial charge in [0.05, 0.1) is 11.5 Å². The Labute approximate surface area is 179 Å². The molecule has 1 N–H and O–H groups in total. The number of hydrogen-bond donors (Lipinski definition) is 1. The molecule has 160 valence electrons. The van der Waals surface area contributed by atoms with Crippen LogP contribution < -0.4 is 4.74 Å². The van der Waals surface area contributed by atoms with Crippen LogP contribution in [0.5, 0.6) is 5.75 Å². The monoisotopic (exact) mass is 407 g/mol. The standard InChI is InChI=1S/C26H33NO3/c1-18(20-8-5-4-6-9-20)25(28)30-23-11-7-10-22(15-23)26(29)16-19-12-13-21(14-19)24(26)17-27(2)3/h4-11,15,18-19,21,24,29H,12-14,16-17H2,1-3H3/t18-,19-,21+,24-,26-/m0/s1. The number of carbonyl (C=O) groups excluding carboxylic acids is 1. The molecule has 0 aliphatic heterocycles. The predicted molar refractivity (Wildman–Crippen MR) is 118 cm³/mol. The van der Waals surface area contributed by atoms with Gasteiger partial charge in [0.1, 0.15) is 5.75 Å². The summed E-state index contributed by atoms with van der Waals surface area (Å²) in [4.78, 5) is 14.9. The maximum Gasteiger partial charge on any atom is 0.318 e. The highest BCUT2D eigenvalue weighted by Gasteiger charge is 2.51. The van der Waals surface area contributed by atoms with E-state index in [4.69, 9.17) is 4.74 Å². The van der Waals surface area contributed by atoms with Crippen molar-refractivity contribution in [3.8, 4) is 5.75 Å². The van der Waals surface area contributed by atoms with E-state index in [2.05, 4.69) is 19.0 Å². The Morgan fingerprint density at radius 1 is 1.17 bits per heavy atom. The smallest absolute Gasteiger partial charge is 0.318 e. The number of esters is 1. The van der Waals surface area contributed by atoms with Crippen molar-refractivity contribution in [3.63, 3.8) is 0 Å². The first kappa shape index (κ1) is 21.1. The van der Waals surface area contributed by atoms with Crippen LogP contribution in [0, 0.1) is 17.8 Å². The van der Waals surface area contributed by atoms with E-state index in [-0.39, 0.29) is 17.8 Å². The van der Waals surface area contributed by atoms with E-state index in [1.165, 1.54) is 19.3 Å². The summed E-state index contributed by atoms with van der Waals surface area (Å²) in [5, 5.41) is 11.9. The Balaban J connectivity index is 1.57. The number of ether oxygens (including phenoxy) is 1. The third-order valence-electron chi connectivity index (χ3n) is 7.13. The maximum absolute atomic E-state index is 12.7. The summed E-state index contributed by atoms with van der Waals surface area (Å²) in [6.07, 6.45) is 4.43. The van der Waals surface area contributed by atoms with Gasteiger partial charge in [0.2, 0.25) is 0 Å². The van der Waals surface area contributed by atoms with Crippen LogP contribution in [0.15, 0.2) is 54.6 Å². The fourth-order valence-electron chi connectivity index (χ4n) is 5.58. The molecular formula is C26H33NO3. The van der Waals surface area contributed by atoms with Crippen LogP contribution in [0.3, 0.4) is 0 Å². The number of rotatable bonds is 6. The molecule has 4 rings (SSSR count). The quantitative estimate of drug-likeness (QED) is 0.562. The van der Waals surface area contributed by atoms with Gasteiger partial charge in [-0.15, -0.1) is 0 Å². The van der Waals surface area contributed by atoms with Gasteiger partial charge in [-0.05, 0) is 75.4 Å². The Hall–Kier alpha value is -2.17. The van der Waals surface area contributed by atoms with Crippen molar-refractivity contribution < 1.29 is 14.6 Å². The van der Waals surface area contributed by atoms with Crippen LogP contribution in [0.25, 0.3) is 0 Å². The van der Waals surface area contributed by atoms with Gasteiger partial charge in [-0.3, -0.25) is 4.79 Å². The van der Waals surface area contributed by atoms with Gasteiger partial charge in [-0.1, -0.05) is 48.9 Å². The second-order valence-corrected chi connectivity index (χ2v) is 9.52. The fourth-order valence-corrected chi connectivity index (χ4v) is 5.58. The normalized spacial score (nSPS) is 29.0. The summed E-state index contributed by atoms with van der Waals surface area (Å²) in [6.45, 7) is 2.73. The molecule has 2 bridgehead atoms. The zero-order valence-electron chi connectivity index (χ0n) is 18.3. The molecule has 0 unspecified atom stereocenters. The number of hydrogen-bond acceptors (Lipinski definition) is 4. The second kappa shape index (κ2) is 8.52. The van der Waals surface area contributed by atoms with E-state index < -0.39 is 5.60 Å². The Kier molecular flexibility index (Phi) is 5.99. The molecule has 5 atom stereocenters. The van der Waals surface area contributed by atoms with E-state index in [1.54, 1.807) is 6.07 Å². The van der Waals surface area contributed by atoms with Crippen molar-refractivity contribution in [1.29, 1.82) is 0 Å². The molecule has 2 aliphatic carbocycles. The Morgan fingerprint density at radius 2 is 1.93 bits per heavy atom. The molecule has 0 aromatic heterocycles. The van der Waals surface area contributed by atoms with Crippen molar-refractivity contribution in [3.05, 3.63) is 65.7 Å². The number of aliphatic hydroxyl groups is 1. The minimum atomic E-state index is -0.873. The number of fused-ring (bicyclic) bond motifs is 2. The molecule has 4 nitrogen and oxygen atoms in total. The van der Waals surface area contributed by atoms with E-state index >= 15 is 0 Å². The third-order valence-corrected chi connectivity index (χ3v) is 7.13. The molecule has 0 heterocycles. The van der Waals surface area contributed by atoms with Gasteiger partial charge in [0.15, 0.2) is 0 Å². The first-order valence-electron chi connectivity index (χ1n) is 11.1. The van der Waals surface area contributed by atoms with Gasteiger partial charge in [-0.25, -0.2) is 0 Å². The SMILES string of the molecule is C[C@H](C(=O)Oc1cccc([C@@]2(O)C[C@H]3CC[C@H](C3)[C@@H]2CN(C)C)c1)c1ccccc1. The molecule has 0 radical (unpaired) electrons. The van der Waals surface area contributed by atoms with Crippen LogP contribution in [-0.4, -0.2) is 36.6 Å². The van der Waals surface area contributed by atoms with Crippen molar-refractivity contribution in [1.82, 2.24) is 4.90 Å². The molecule has 2 aromatic carbocycles. The molecule has 30 heavy (non-hydrogen) atoms. The largest absolute Gasteiger partial charge is 0.426 e. The van der Waals surface area contributed by atoms with Crippen molar-refractivity contribution in [2.24, 2.45) is 17.8 Å². The first-order chi connectivity index (χ1) is 14.4. The molecule has 2 fully saturated rings. The lowest BCUT2D eigenvalue weighted by molar-refractivity contribution is -0.135. The zero-order valence-corrected chi connectivity index (χ0v) is 18.3. The lowest BCUT2D eigenvalue weighted by atomic mass is 9.66. The van der Waals surface area contributed by atoms with Crippen LogP contribution in [0.1, 0.15) is 49.7 Å². The molecule has 4 heteroatoms. The Morgan fingerprint density at radius 3 is 2.67 bits per heavy atom. The summed E-state index contributed by atoms with van der Waals surface area (Å²) < 4.78 is 5.73. The van der Waals surface area contributed by atoms with Gasteiger partial charge in [0, 0.05) is 12.5 Å². The Bertz CT molecular complexity index is 881. The predicted octanol–water partition coefficient (Wildman–Crippen LogP) is 4.58. The van der Waals surface area contributed by atoms with Crippen LogP contribution in [0.4, 0.5) is 0 Å². The van der Waals surface area contributed by atoms with E-state index in [1.807, 2.05) is 55.5 Å². The molecular weight excluding hydrogens is 374 g/mol.